The molecular weight excluding hydrogens is 318 g/mol. The third kappa shape index (κ3) is 4.14. The van der Waals surface area contributed by atoms with Gasteiger partial charge in [0.15, 0.2) is 0 Å². The Hall–Kier alpha value is -1.79. The van der Waals surface area contributed by atoms with Crippen LogP contribution < -0.4 is 15.8 Å². The SMILES string of the molecule is CCC1C(=O)NCCN1C(=O)c1ccc(Cl)cc1OCCCN. The molecule has 0 spiro atoms. The van der Waals surface area contributed by atoms with Gasteiger partial charge in [0.2, 0.25) is 5.91 Å². The van der Waals surface area contributed by atoms with Gasteiger partial charge in [-0.15, -0.1) is 0 Å². The van der Waals surface area contributed by atoms with Crippen LogP contribution in [-0.4, -0.2) is 49.0 Å². The fourth-order valence-corrected chi connectivity index (χ4v) is 2.74. The number of hydrogen-bond donors (Lipinski definition) is 2. The minimum Gasteiger partial charge on any atom is -0.493 e. The third-order valence-corrected chi connectivity index (χ3v) is 3.99. The van der Waals surface area contributed by atoms with Gasteiger partial charge < -0.3 is 20.7 Å². The molecule has 0 aromatic heterocycles. The van der Waals surface area contributed by atoms with Crippen LogP contribution in [0.25, 0.3) is 0 Å². The Morgan fingerprint density at radius 2 is 2.30 bits per heavy atom. The van der Waals surface area contributed by atoms with Crippen molar-refractivity contribution in [1.29, 1.82) is 0 Å². The number of carbonyl (C=O) groups excluding carboxylic acids is 2. The summed E-state index contributed by atoms with van der Waals surface area (Å²) in [4.78, 5) is 26.4. The van der Waals surface area contributed by atoms with Crippen molar-refractivity contribution < 1.29 is 14.3 Å². The first-order valence-electron chi connectivity index (χ1n) is 7.79. The molecular formula is C16H22ClN3O3. The number of benzene rings is 1. The van der Waals surface area contributed by atoms with Crippen LogP contribution in [0.4, 0.5) is 0 Å². The van der Waals surface area contributed by atoms with E-state index in [1.54, 1.807) is 23.1 Å². The van der Waals surface area contributed by atoms with E-state index in [1.165, 1.54) is 0 Å². The summed E-state index contributed by atoms with van der Waals surface area (Å²) in [6.07, 6.45) is 1.25. The van der Waals surface area contributed by atoms with Crippen molar-refractivity contribution in [3.63, 3.8) is 0 Å². The van der Waals surface area contributed by atoms with Crippen LogP contribution in [0.2, 0.25) is 5.02 Å². The number of piperazine rings is 1. The lowest BCUT2D eigenvalue weighted by Gasteiger charge is -2.34. The molecule has 2 amide bonds. The number of halogens is 1. The molecule has 2 rings (SSSR count). The summed E-state index contributed by atoms with van der Waals surface area (Å²) in [6.45, 7) is 3.74. The Balaban J connectivity index is 2.25. The molecule has 3 N–H and O–H groups in total. The summed E-state index contributed by atoms with van der Waals surface area (Å²) in [6, 6.07) is 4.46. The standard InChI is InChI=1S/C16H22ClN3O3/c1-2-13-15(21)19-7-8-20(13)16(22)12-5-4-11(17)10-14(12)23-9-3-6-18/h4-5,10,13H,2-3,6-9,18H2,1H3,(H,19,21). The van der Waals surface area contributed by atoms with Crippen LogP contribution in [0.5, 0.6) is 5.75 Å². The summed E-state index contributed by atoms with van der Waals surface area (Å²) < 4.78 is 5.65. The number of hydrogen-bond acceptors (Lipinski definition) is 4. The molecule has 1 saturated heterocycles. The van der Waals surface area contributed by atoms with Gasteiger partial charge in [0.1, 0.15) is 11.8 Å². The Bertz CT molecular complexity index is 580. The molecule has 126 valence electrons. The lowest BCUT2D eigenvalue weighted by atomic mass is 10.1. The number of amides is 2. The van der Waals surface area contributed by atoms with Crippen molar-refractivity contribution in [3.8, 4) is 5.75 Å². The minimum absolute atomic E-state index is 0.119. The molecule has 1 aliphatic rings. The van der Waals surface area contributed by atoms with E-state index in [9.17, 15) is 9.59 Å². The minimum atomic E-state index is -0.455. The van der Waals surface area contributed by atoms with Gasteiger partial charge in [0, 0.05) is 18.1 Å². The molecule has 7 heteroatoms. The highest BCUT2D eigenvalue weighted by Gasteiger charge is 2.33. The van der Waals surface area contributed by atoms with Gasteiger partial charge in [-0.2, -0.15) is 0 Å². The third-order valence-electron chi connectivity index (χ3n) is 3.76. The van der Waals surface area contributed by atoms with Gasteiger partial charge in [-0.05, 0) is 37.6 Å². The van der Waals surface area contributed by atoms with E-state index in [0.717, 1.165) is 0 Å². The summed E-state index contributed by atoms with van der Waals surface area (Å²) in [5.41, 5.74) is 5.88. The Labute approximate surface area is 140 Å². The maximum Gasteiger partial charge on any atom is 0.258 e. The lowest BCUT2D eigenvalue weighted by Crippen LogP contribution is -2.56. The molecule has 0 saturated carbocycles. The molecule has 1 atom stereocenters. The monoisotopic (exact) mass is 339 g/mol. The highest BCUT2D eigenvalue weighted by molar-refractivity contribution is 6.30. The quantitative estimate of drug-likeness (QED) is 0.768. The summed E-state index contributed by atoms with van der Waals surface area (Å²) in [5, 5.41) is 3.28. The number of carbonyl (C=O) groups is 2. The van der Waals surface area contributed by atoms with Crippen molar-refractivity contribution in [2.75, 3.05) is 26.2 Å². The predicted molar refractivity (Wildman–Crippen MR) is 88.7 cm³/mol. The number of ether oxygens (including phenoxy) is 1. The van der Waals surface area contributed by atoms with Crippen LogP contribution in [-0.2, 0) is 4.79 Å². The maximum atomic E-state index is 12.9. The summed E-state index contributed by atoms with van der Waals surface area (Å²) in [7, 11) is 0. The molecule has 6 nitrogen and oxygen atoms in total. The normalized spacial score (nSPS) is 17.8. The molecule has 1 aliphatic heterocycles. The van der Waals surface area contributed by atoms with Gasteiger partial charge in [0.05, 0.1) is 12.2 Å². The molecule has 1 aromatic rings. The second kappa shape index (κ2) is 8.17. The average Bonchev–Trinajstić information content (AvgIpc) is 2.54. The maximum absolute atomic E-state index is 12.9. The lowest BCUT2D eigenvalue weighted by molar-refractivity contribution is -0.127. The molecule has 0 bridgehead atoms. The summed E-state index contributed by atoms with van der Waals surface area (Å²) >= 11 is 6.01. The van der Waals surface area contributed by atoms with Crippen molar-refractivity contribution in [2.24, 2.45) is 5.73 Å². The first kappa shape index (κ1) is 17.6. The van der Waals surface area contributed by atoms with Crippen molar-refractivity contribution in [2.45, 2.75) is 25.8 Å². The van der Waals surface area contributed by atoms with Gasteiger partial charge in [0.25, 0.3) is 5.91 Å². The predicted octanol–water partition coefficient (Wildman–Crippen LogP) is 1.42. The van der Waals surface area contributed by atoms with E-state index in [2.05, 4.69) is 5.32 Å². The zero-order valence-corrected chi connectivity index (χ0v) is 13.9. The van der Waals surface area contributed by atoms with Crippen LogP contribution in [0.1, 0.15) is 30.1 Å². The van der Waals surface area contributed by atoms with Gasteiger partial charge >= 0.3 is 0 Å². The molecule has 1 aromatic carbocycles. The van der Waals surface area contributed by atoms with Gasteiger partial charge in [-0.1, -0.05) is 18.5 Å². The second-order valence-corrected chi connectivity index (χ2v) is 5.78. The van der Waals surface area contributed by atoms with Gasteiger partial charge in [-0.3, -0.25) is 9.59 Å². The van der Waals surface area contributed by atoms with Crippen molar-refractivity contribution >= 4 is 23.4 Å². The Morgan fingerprint density at radius 1 is 1.52 bits per heavy atom. The first-order valence-corrected chi connectivity index (χ1v) is 8.17. The highest BCUT2D eigenvalue weighted by atomic mass is 35.5. The zero-order valence-electron chi connectivity index (χ0n) is 13.2. The number of nitrogens with two attached hydrogens (primary N) is 1. The van der Waals surface area contributed by atoms with Crippen LogP contribution in [0, 0.1) is 0 Å². The van der Waals surface area contributed by atoms with Crippen LogP contribution in [0.3, 0.4) is 0 Å². The smallest absolute Gasteiger partial charge is 0.258 e. The number of nitrogens with one attached hydrogen (secondary N) is 1. The fourth-order valence-electron chi connectivity index (χ4n) is 2.58. The van der Waals surface area contributed by atoms with E-state index in [1.807, 2.05) is 6.92 Å². The molecule has 0 aliphatic carbocycles. The van der Waals surface area contributed by atoms with E-state index < -0.39 is 6.04 Å². The molecule has 1 unspecified atom stereocenters. The van der Waals surface area contributed by atoms with E-state index in [0.29, 0.717) is 55.4 Å². The van der Waals surface area contributed by atoms with Gasteiger partial charge in [-0.25, -0.2) is 0 Å². The highest BCUT2D eigenvalue weighted by Crippen LogP contribution is 2.26. The number of nitrogens with zero attached hydrogens (tertiary/aromatic N) is 1. The molecule has 0 radical (unpaired) electrons. The van der Waals surface area contributed by atoms with Crippen LogP contribution in [0.15, 0.2) is 18.2 Å². The second-order valence-electron chi connectivity index (χ2n) is 5.34. The molecule has 23 heavy (non-hydrogen) atoms. The molecule has 1 fully saturated rings. The number of rotatable bonds is 6. The average molecular weight is 340 g/mol. The van der Waals surface area contributed by atoms with E-state index >= 15 is 0 Å². The van der Waals surface area contributed by atoms with E-state index in [4.69, 9.17) is 22.1 Å². The topological polar surface area (TPSA) is 84.7 Å². The zero-order chi connectivity index (χ0) is 16.8. The Morgan fingerprint density at radius 3 is 3.00 bits per heavy atom. The van der Waals surface area contributed by atoms with E-state index in [-0.39, 0.29) is 11.8 Å². The van der Waals surface area contributed by atoms with Crippen molar-refractivity contribution in [1.82, 2.24) is 10.2 Å². The first-order chi connectivity index (χ1) is 11.1. The summed E-state index contributed by atoms with van der Waals surface area (Å²) in [5.74, 6) is 0.0922. The van der Waals surface area contributed by atoms with Crippen LogP contribution >= 0.6 is 11.6 Å². The Kier molecular flexibility index (Phi) is 6.24. The largest absolute Gasteiger partial charge is 0.493 e. The fraction of sp³-hybridized carbons (Fsp3) is 0.500. The molecule has 1 heterocycles. The van der Waals surface area contributed by atoms with Crippen molar-refractivity contribution in [3.05, 3.63) is 28.8 Å².